The lowest BCUT2D eigenvalue weighted by Crippen LogP contribution is -2.25. The van der Waals surface area contributed by atoms with Crippen molar-refractivity contribution in [2.24, 2.45) is 0 Å². The van der Waals surface area contributed by atoms with Gasteiger partial charge in [-0.25, -0.2) is 0 Å². The quantitative estimate of drug-likeness (QED) is 0.851. The molecule has 0 spiro atoms. The van der Waals surface area contributed by atoms with Gasteiger partial charge in [-0.05, 0) is 43.4 Å². The molecule has 0 radical (unpaired) electrons. The van der Waals surface area contributed by atoms with Gasteiger partial charge in [-0.15, -0.1) is 0 Å². The first kappa shape index (κ1) is 12.4. The zero-order valence-corrected chi connectivity index (χ0v) is 10.3. The molecule has 1 aromatic carbocycles. The summed E-state index contributed by atoms with van der Waals surface area (Å²) in [5.41, 5.74) is 1.24. The second-order valence-electron chi connectivity index (χ2n) is 4.54. The summed E-state index contributed by atoms with van der Waals surface area (Å²) in [6, 6.07) is 8.04. The molecule has 0 saturated heterocycles. The van der Waals surface area contributed by atoms with Crippen LogP contribution in [-0.4, -0.2) is 31.0 Å². The molecule has 1 aliphatic rings. The number of hydrogen-bond donors (Lipinski definition) is 1. The molecule has 17 heavy (non-hydrogen) atoms. The van der Waals surface area contributed by atoms with Crippen LogP contribution in [0.25, 0.3) is 0 Å². The monoisotopic (exact) mass is 236 g/mol. The molecular weight excluding hydrogens is 216 g/mol. The highest BCUT2D eigenvalue weighted by molar-refractivity contribution is 5.27. The Morgan fingerprint density at radius 2 is 2.00 bits per heavy atom. The van der Waals surface area contributed by atoms with Gasteiger partial charge in [0.05, 0.1) is 12.7 Å². The van der Waals surface area contributed by atoms with Crippen LogP contribution in [0.3, 0.4) is 0 Å². The highest BCUT2D eigenvalue weighted by Gasteiger charge is 2.26. The molecule has 0 heterocycles. The van der Waals surface area contributed by atoms with E-state index in [1.54, 1.807) is 7.11 Å². The zero-order valence-electron chi connectivity index (χ0n) is 10.3. The predicted octanol–water partition coefficient (Wildman–Crippen LogP) is 2.17. The summed E-state index contributed by atoms with van der Waals surface area (Å²) in [7, 11) is 1.71. The van der Waals surface area contributed by atoms with E-state index in [0.29, 0.717) is 0 Å². The van der Waals surface area contributed by atoms with Crippen molar-refractivity contribution in [1.82, 2.24) is 0 Å². The van der Waals surface area contributed by atoms with E-state index in [1.165, 1.54) is 5.56 Å². The highest BCUT2D eigenvalue weighted by Crippen LogP contribution is 2.24. The van der Waals surface area contributed by atoms with E-state index in [-0.39, 0.29) is 12.2 Å². The fourth-order valence-electron chi connectivity index (χ4n) is 2.17. The van der Waals surface area contributed by atoms with Crippen molar-refractivity contribution in [3.05, 3.63) is 29.8 Å². The summed E-state index contributed by atoms with van der Waals surface area (Å²) in [4.78, 5) is 0. The Bertz CT molecular complexity index is 334. The minimum absolute atomic E-state index is 0.0279. The summed E-state index contributed by atoms with van der Waals surface area (Å²) in [6.45, 7) is 0.738. The first-order chi connectivity index (χ1) is 8.29. The molecule has 1 N–H and O–H groups in total. The van der Waals surface area contributed by atoms with E-state index in [4.69, 9.17) is 9.47 Å². The Hall–Kier alpha value is -1.06. The molecule has 1 saturated carbocycles. The largest absolute Gasteiger partial charge is 0.488 e. The summed E-state index contributed by atoms with van der Waals surface area (Å²) < 4.78 is 10.8. The second-order valence-corrected chi connectivity index (χ2v) is 4.54. The van der Waals surface area contributed by atoms with E-state index in [0.717, 1.165) is 38.0 Å². The van der Waals surface area contributed by atoms with Crippen molar-refractivity contribution >= 4 is 0 Å². The molecule has 1 aliphatic carbocycles. The highest BCUT2D eigenvalue weighted by atomic mass is 16.5. The van der Waals surface area contributed by atoms with Crippen LogP contribution >= 0.6 is 0 Å². The zero-order chi connectivity index (χ0) is 12.1. The van der Waals surface area contributed by atoms with Crippen LogP contribution in [0, 0.1) is 0 Å². The lowest BCUT2D eigenvalue weighted by molar-refractivity contribution is 0.0604. The van der Waals surface area contributed by atoms with Gasteiger partial charge >= 0.3 is 0 Å². The molecule has 3 nitrogen and oxygen atoms in total. The maximum atomic E-state index is 9.68. The van der Waals surface area contributed by atoms with Crippen LogP contribution in [0.15, 0.2) is 24.3 Å². The standard InChI is InChI=1S/C14H20O3/c1-16-10-9-11-5-7-12(8-6-11)17-14-4-2-3-13(14)15/h5-8,13-15H,2-4,9-10H2,1H3. The predicted molar refractivity (Wildman–Crippen MR) is 66.3 cm³/mol. The van der Waals surface area contributed by atoms with Crippen LogP contribution in [0.5, 0.6) is 5.75 Å². The number of rotatable bonds is 5. The Morgan fingerprint density at radius 3 is 2.59 bits per heavy atom. The Morgan fingerprint density at radius 1 is 1.24 bits per heavy atom. The van der Waals surface area contributed by atoms with Gasteiger partial charge in [-0.2, -0.15) is 0 Å². The molecule has 0 aromatic heterocycles. The SMILES string of the molecule is COCCc1ccc(OC2CCCC2O)cc1. The molecule has 2 unspecified atom stereocenters. The van der Waals surface area contributed by atoms with Crippen molar-refractivity contribution in [1.29, 1.82) is 0 Å². The lowest BCUT2D eigenvalue weighted by Gasteiger charge is -2.17. The van der Waals surface area contributed by atoms with Gasteiger partial charge in [0.15, 0.2) is 0 Å². The van der Waals surface area contributed by atoms with Crippen molar-refractivity contribution in [2.45, 2.75) is 37.9 Å². The third-order valence-corrected chi connectivity index (χ3v) is 3.22. The molecular formula is C14H20O3. The average molecular weight is 236 g/mol. The van der Waals surface area contributed by atoms with Crippen molar-refractivity contribution in [2.75, 3.05) is 13.7 Å². The molecule has 0 bridgehead atoms. The third kappa shape index (κ3) is 3.45. The second kappa shape index (κ2) is 6.03. The van der Waals surface area contributed by atoms with Gasteiger partial charge in [0, 0.05) is 7.11 Å². The molecule has 1 fully saturated rings. The maximum absolute atomic E-state index is 9.68. The first-order valence-electron chi connectivity index (χ1n) is 6.22. The van der Waals surface area contributed by atoms with Gasteiger partial charge in [0.2, 0.25) is 0 Å². The fraction of sp³-hybridized carbons (Fsp3) is 0.571. The Labute approximate surface area is 102 Å². The number of aliphatic hydroxyl groups excluding tert-OH is 1. The molecule has 94 valence electrons. The van der Waals surface area contributed by atoms with Crippen LogP contribution < -0.4 is 4.74 Å². The Balaban J connectivity index is 1.89. The number of hydrogen-bond acceptors (Lipinski definition) is 3. The lowest BCUT2D eigenvalue weighted by atomic mass is 10.1. The van der Waals surface area contributed by atoms with Crippen LogP contribution in [0.2, 0.25) is 0 Å². The van der Waals surface area contributed by atoms with E-state index in [2.05, 4.69) is 12.1 Å². The van der Waals surface area contributed by atoms with Gasteiger partial charge in [0.1, 0.15) is 11.9 Å². The summed E-state index contributed by atoms with van der Waals surface area (Å²) >= 11 is 0. The molecule has 3 heteroatoms. The molecule has 2 rings (SSSR count). The van der Waals surface area contributed by atoms with Crippen molar-refractivity contribution < 1.29 is 14.6 Å². The number of methoxy groups -OCH3 is 1. The third-order valence-electron chi connectivity index (χ3n) is 3.22. The topological polar surface area (TPSA) is 38.7 Å². The van der Waals surface area contributed by atoms with E-state index in [9.17, 15) is 5.11 Å². The van der Waals surface area contributed by atoms with E-state index < -0.39 is 0 Å². The normalized spacial score (nSPS) is 23.9. The summed E-state index contributed by atoms with van der Waals surface area (Å²) in [5, 5.41) is 9.68. The minimum Gasteiger partial charge on any atom is -0.488 e. The molecule has 2 atom stereocenters. The first-order valence-corrected chi connectivity index (χ1v) is 6.22. The fourth-order valence-corrected chi connectivity index (χ4v) is 2.17. The summed E-state index contributed by atoms with van der Waals surface area (Å²) in [6.07, 6.45) is 3.45. The minimum atomic E-state index is -0.303. The van der Waals surface area contributed by atoms with Gasteiger partial charge < -0.3 is 14.6 Å². The van der Waals surface area contributed by atoms with E-state index >= 15 is 0 Å². The van der Waals surface area contributed by atoms with Crippen molar-refractivity contribution in [3.8, 4) is 5.75 Å². The molecule has 1 aromatic rings. The van der Waals surface area contributed by atoms with E-state index in [1.807, 2.05) is 12.1 Å². The van der Waals surface area contributed by atoms with Gasteiger partial charge in [0.25, 0.3) is 0 Å². The summed E-state index contributed by atoms with van der Waals surface area (Å²) in [5.74, 6) is 0.845. The van der Waals surface area contributed by atoms with Crippen LogP contribution in [0.4, 0.5) is 0 Å². The number of ether oxygens (including phenoxy) is 2. The van der Waals surface area contributed by atoms with Crippen LogP contribution in [0.1, 0.15) is 24.8 Å². The van der Waals surface area contributed by atoms with Crippen molar-refractivity contribution in [3.63, 3.8) is 0 Å². The van der Waals surface area contributed by atoms with Gasteiger partial charge in [-0.3, -0.25) is 0 Å². The number of benzene rings is 1. The molecule has 0 amide bonds. The van der Waals surface area contributed by atoms with Crippen LogP contribution in [-0.2, 0) is 11.2 Å². The maximum Gasteiger partial charge on any atom is 0.124 e. The number of aliphatic hydroxyl groups is 1. The van der Waals surface area contributed by atoms with Gasteiger partial charge in [-0.1, -0.05) is 12.1 Å². The average Bonchev–Trinajstić information content (AvgIpc) is 2.74. The Kier molecular flexibility index (Phi) is 4.40. The smallest absolute Gasteiger partial charge is 0.124 e. The molecule has 0 aliphatic heterocycles.